The van der Waals surface area contributed by atoms with Crippen molar-refractivity contribution in [2.24, 2.45) is 0 Å². The molecule has 2 heterocycles. The first-order valence-corrected chi connectivity index (χ1v) is 12.7. The van der Waals surface area contributed by atoms with Crippen molar-refractivity contribution in [3.8, 4) is 0 Å². The predicted molar refractivity (Wildman–Crippen MR) is 126 cm³/mol. The van der Waals surface area contributed by atoms with E-state index in [1.54, 1.807) is 11.0 Å². The Kier molecular flexibility index (Phi) is 5.40. The number of carbonyl (C=O) groups is 1. The van der Waals surface area contributed by atoms with E-state index >= 15 is 0 Å². The Morgan fingerprint density at radius 3 is 2.50 bits per heavy atom. The number of fused-ring (bicyclic) bond motifs is 1. The van der Waals surface area contributed by atoms with Crippen LogP contribution in [0.15, 0.2) is 30.3 Å². The van der Waals surface area contributed by atoms with E-state index in [2.05, 4.69) is 4.98 Å². The number of pyridine rings is 1. The Balaban J connectivity index is 1.61. The summed E-state index contributed by atoms with van der Waals surface area (Å²) in [5.41, 5.74) is 4.19. The number of sulfonamides is 1. The molecule has 1 aliphatic carbocycles. The van der Waals surface area contributed by atoms with E-state index in [0.717, 1.165) is 35.9 Å². The van der Waals surface area contributed by atoms with E-state index in [4.69, 9.17) is 5.41 Å². The van der Waals surface area contributed by atoms with E-state index in [1.807, 2.05) is 45.0 Å². The minimum absolute atomic E-state index is 0.0452. The number of ketones is 1. The van der Waals surface area contributed by atoms with Crippen LogP contribution in [0.2, 0.25) is 0 Å². The molecule has 4 rings (SSSR count). The lowest BCUT2D eigenvalue weighted by molar-refractivity contribution is 0.0962. The highest BCUT2D eigenvalue weighted by molar-refractivity contribution is 7.92. The van der Waals surface area contributed by atoms with Crippen molar-refractivity contribution in [1.82, 2.24) is 9.88 Å². The second-order valence-corrected chi connectivity index (χ2v) is 11.9. The van der Waals surface area contributed by atoms with Crippen LogP contribution in [-0.4, -0.2) is 49.8 Å². The van der Waals surface area contributed by atoms with Crippen molar-refractivity contribution in [3.05, 3.63) is 58.4 Å². The molecule has 1 N–H and O–H groups in total. The summed E-state index contributed by atoms with van der Waals surface area (Å²) in [6.07, 6.45) is 3.44. The molecule has 32 heavy (non-hydrogen) atoms. The summed E-state index contributed by atoms with van der Waals surface area (Å²) >= 11 is 0. The molecule has 1 fully saturated rings. The standard InChI is InChI=1S/C24H30N4O3S/c1-24(2,3)18-10-17(11-19(12-18)27(4)32(5,30)31)21(29)14-28-13-16-8-9-20(15-6-7-15)26-22(16)23(28)25/h8-12,15,25H,6-7,13-14H2,1-5H3. The van der Waals surface area contributed by atoms with Crippen LogP contribution >= 0.6 is 0 Å². The molecule has 1 aromatic carbocycles. The molecule has 7 nitrogen and oxygen atoms in total. The van der Waals surface area contributed by atoms with E-state index in [0.29, 0.717) is 29.4 Å². The van der Waals surface area contributed by atoms with Crippen molar-refractivity contribution in [2.75, 3.05) is 24.2 Å². The average Bonchev–Trinajstić information content (AvgIpc) is 3.51. The van der Waals surface area contributed by atoms with Crippen LogP contribution in [0.4, 0.5) is 5.69 Å². The zero-order valence-corrected chi connectivity index (χ0v) is 20.1. The summed E-state index contributed by atoms with van der Waals surface area (Å²) in [7, 11) is -1.98. The van der Waals surface area contributed by atoms with Crippen LogP contribution in [-0.2, 0) is 22.0 Å². The third-order valence-electron chi connectivity index (χ3n) is 6.20. The number of aromatic nitrogens is 1. The number of carbonyl (C=O) groups excluding carboxylic acids is 1. The highest BCUT2D eigenvalue weighted by atomic mass is 32.2. The number of Topliss-reactive ketones (excluding diaryl/α,β-unsaturated/α-hetero) is 1. The Morgan fingerprint density at radius 1 is 1.22 bits per heavy atom. The highest BCUT2D eigenvalue weighted by Crippen LogP contribution is 2.39. The van der Waals surface area contributed by atoms with Crippen molar-refractivity contribution in [1.29, 1.82) is 5.41 Å². The summed E-state index contributed by atoms with van der Waals surface area (Å²) in [5.74, 6) is 0.629. The predicted octanol–water partition coefficient (Wildman–Crippen LogP) is 3.68. The van der Waals surface area contributed by atoms with E-state index in [9.17, 15) is 13.2 Å². The van der Waals surface area contributed by atoms with Gasteiger partial charge < -0.3 is 4.90 Å². The molecule has 0 bridgehead atoms. The fourth-order valence-corrected chi connectivity index (χ4v) is 4.34. The fraction of sp³-hybridized carbons (Fsp3) is 0.458. The summed E-state index contributed by atoms with van der Waals surface area (Å²) in [5, 5.41) is 8.56. The number of hydrogen-bond acceptors (Lipinski definition) is 5. The second kappa shape index (κ2) is 7.69. The smallest absolute Gasteiger partial charge is 0.231 e. The molecule has 0 spiro atoms. The lowest BCUT2D eigenvalue weighted by Gasteiger charge is -2.25. The van der Waals surface area contributed by atoms with Crippen molar-refractivity contribution in [3.63, 3.8) is 0 Å². The average molecular weight is 455 g/mol. The maximum Gasteiger partial charge on any atom is 0.231 e. The Hall–Kier alpha value is -2.74. The number of nitrogens with one attached hydrogen (secondary N) is 1. The molecule has 8 heteroatoms. The molecule has 0 atom stereocenters. The van der Waals surface area contributed by atoms with Crippen LogP contribution in [0.25, 0.3) is 0 Å². The largest absolute Gasteiger partial charge is 0.343 e. The Morgan fingerprint density at radius 2 is 1.91 bits per heavy atom. The minimum Gasteiger partial charge on any atom is -0.343 e. The number of benzene rings is 1. The molecule has 0 amide bonds. The number of amidine groups is 1. The van der Waals surface area contributed by atoms with Gasteiger partial charge in [-0.15, -0.1) is 0 Å². The number of hydrogen-bond donors (Lipinski definition) is 1. The normalized spacial score (nSPS) is 16.3. The van der Waals surface area contributed by atoms with Crippen molar-refractivity contribution in [2.45, 2.75) is 51.5 Å². The van der Waals surface area contributed by atoms with Gasteiger partial charge in [0, 0.05) is 36.3 Å². The highest BCUT2D eigenvalue weighted by Gasteiger charge is 2.31. The molecule has 0 radical (unpaired) electrons. The molecule has 0 saturated heterocycles. The van der Waals surface area contributed by atoms with Gasteiger partial charge in [0.15, 0.2) is 5.78 Å². The Bertz CT molecular complexity index is 1210. The van der Waals surface area contributed by atoms with E-state index in [1.165, 1.54) is 11.4 Å². The molecule has 2 aliphatic rings. The first-order valence-electron chi connectivity index (χ1n) is 10.8. The summed E-state index contributed by atoms with van der Waals surface area (Å²) in [4.78, 5) is 19.7. The Labute approximate surface area is 190 Å². The van der Waals surface area contributed by atoms with Gasteiger partial charge in [-0.25, -0.2) is 13.4 Å². The zero-order valence-electron chi connectivity index (χ0n) is 19.3. The first kappa shape index (κ1) is 22.5. The van der Waals surface area contributed by atoms with Gasteiger partial charge in [0.2, 0.25) is 10.0 Å². The maximum atomic E-state index is 13.3. The van der Waals surface area contributed by atoms with Crippen LogP contribution in [0.3, 0.4) is 0 Å². The molecule has 1 aromatic heterocycles. The quantitative estimate of drug-likeness (QED) is 0.672. The third kappa shape index (κ3) is 4.41. The summed E-state index contributed by atoms with van der Waals surface area (Å²) in [6.45, 7) is 6.60. The minimum atomic E-state index is -3.46. The van der Waals surface area contributed by atoms with Gasteiger partial charge in [0.25, 0.3) is 0 Å². The van der Waals surface area contributed by atoms with Crippen molar-refractivity contribution >= 4 is 27.3 Å². The monoisotopic (exact) mass is 454 g/mol. The summed E-state index contributed by atoms with van der Waals surface area (Å²) < 4.78 is 25.4. The van der Waals surface area contributed by atoms with Gasteiger partial charge in [0.1, 0.15) is 11.5 Å². The van der Waals surface area contributed by atoms with Gasteiger partial charge in [-0.1, -0.05) is 26.8 Å². The summed E-state index contributed by atoms with van der Waals surface area (Å²) in [6, 6.07) is 9.33. The van der Waals surface area contributed by atoms with Crippen LogP contribution in [0, 0.1) is 5.41 Å². The number of rotatable bonds is 6. The van der Waals surface area contributed by atoms with Crippen molar-refractivity contribution < 1.29 is 13.2 Å². The van der Waals surface area contributed by atoms with E-state index in [-0.39, 0.29) is 23.6 Å². The van der Waals surface area contributed by atoms with Gasteiger partial charge in [0.05, 0.1) is 18.5 Å². The molecular formula is C24H30N4O3S. The maximum absolute atomic E-state index is 13.3. The molecule has 2 aromatic rings. The van der Waals surface area contributed by atoms with Crippen LogP contribution in [0.5, 0.6) is 0 Å². The van der Waals surface area contributed by atoms with Gasteiger partial charge >= 0.3 is 0 Å². The number of nitrogens with zero attached hydrogens (tertiary/aromatic N) is 3. The SMILES string of the molecule is CN(c1cc(C(=O)CN2Cc3ccc(C4CC4)nc3C2=N)cc(C(C)(C)C)c1)S(C)(=O)=O. The number of anilines is 1. The van der Waals surface area contributed by atoms with Crippen LogP contribution in [0.1, 0.15) is 72.4 Å². The van der Waals surface area contributed by atoms with Crippen LogP contribution < -0.4 is 4.31 Å². The topological polar surface area (TPSA) is 94.4 Å². The van der Waals surface area contributed by atoms with Gasteiger partial charge in [-0.3, -0.25) is 14.5 Å². The molecule has 170 valence electrons. The third-order valence-corrected chi connectivity index (χ3v) is 7.40. The van der Waals surface area contributed by atoms with Gasteiger partial charge in [-0.2, -0.15) is 0 Å². The van der Waals surface area contributed by atoms with E-state index < -0.39 is 10.0 Å². The second-order valence-electron chi connectivity index (χ2n) is 9.90. The molecule has 0 unspecified atom stereocenters. The molecular weight excluding hydrogens is 424 g/mol. The zero-order chi connectivity index (χ0) is 23.4. The lowest BCUT2D eigenvalue weighted by atomic mass is 9.85. The lowest BCUT2D eigenvalue weighted by Crippen LogP contribution is -2.31. The first-order chi connectivity index (χ1) is 14.8. The van der Waals surface area contributed by atoms with Gasteiger partial charge in [-0.05, 0) is 48.1 Å². The molecule has 1 saturated carbocycles. The fourth-order valence-electron chi connectivity index (χ4n) is 3.85. The molecule has 1 aliphatic heterocycles.